The predicted molar refractivity (Wildman–Crippen MR) is 44.6 cm³/mol. The van der Waals surface area contributed by atoms with E-state index in [1.54, 1.807) is 0 Å². The summed E-state index contributed by atoms with van der Waals surface area (Å²) in [5, 5.41) is 13.0. The van der Waals surface area contributed by atoms with Crippen LogP contribution in [-0.2, 0) is 19.4 Å². The van der Waals surface area contributed by atoms with Gasteiger partial charge in [-0.25, -0.2) is 0 Å². The highest BCUT2D eigenvalue weighted by Crippen LogP contribution is 2.24. The van der Waals surface area contributed by atoms with Crippen LogP contribution in [0, 0.1) is 11.3 Å². The molecule has 3 heteroatoms. The lowest BCUT2D eigenvalue weighted by molar-refractivity contribution is 0.619. The van der Waals surface area contributed by atoms with Gasteiger partial charge >= 0.3 is 0 Å². The Labute approximate surface area is 71.6 Å². The molecule has 1 aromatic rings. The van der Waals surface area contributed by atoms with Crippen molar-refractivity contribution in [3.8, 4) is 6.07 Å². The highest BCUT2D eigenvalue weighted by molar-refractivity contribution is 5.37. The summed E-state index contributed by atoms with van der Waals surface area (Å²) in [7, 11) is 0. The highest BCUT2D eigenvalue weighted by atomic mass is 15.3. The Morgan fingerprint density at radius 2 is 2.42 bits per heavy atom. The Kier molecular flexibility index (Phi) is 1.61. The summed E-state index contributed by atoms with van der Waals surface area (Å²) in [6.45, 7) is 2.94. The molecule has 1 aliphatic carbocycles. The summed E-state index contributed by atoms with van der Waals surface area (Å²) in [5.41, 5.74) is 3.12. The van der Waals surface area contributed by atoms with Gasteiger partial charge in [0.1, 0.15) is 6.07 Å². The summed E-state index contributed by atoms with van der Waals surface area (Å²) in [6, 6.07) is 2.15. The van der Waals surface area contributed by atoms with E-state index in [1.807, 2.05) is 4.68 Å². The van der Waals surface area contributed by atoms with Crippen LogP contribution in [0.15, 0.2) is 0 Å². The third-order valence-corrected chi connectivity index (χ3v) is 2.41. The molecule has 0 fully saturated rings. The van der Waals surface area contributed by atoms with E-state index in [9.17, 15) is 0 Å². The van der Waals surface area contributed by atoms with Crippen molar-refractivity contribution in [1.82, 2.24) is 9.78 Å². The molecule has 0 saturated heterocycles. The zero-order chi connectivity index (χ0) is 8.55. The van der Waals surface area contributed by atoms with Crippen molar-refractivity contribution in [2.75, 3.05) is 0 Å². The van der Waals surface area contributed by atoms with Crippen LogP contribution in [0.1, 0.15) is 30.3 Å². The van der Waals surface area contributed by atoms with Crippen LogP contribution in [0.2, 0.25) is 0 Å². The summed E-state index contributed by atoms with van der Waals surface area (Å²) < 4.78 is 1.96. The molecule has 0 N–H and O–H groups in total. The van der Waals surface area contributed by atoms with Gasteiger partial charge in [-0.3, -0.25) is 4.68 Å². The van der Waals surface area contributed by atoms with Gasteiger partial charge in [0.2, 0.25) is 0 Å². The zero-order valence-corrected chi connectivity index (χ0v) is 7.17. The molecule has 1 heterocycles. The van der Waals surface area contributed by atoms with Crippen molar-refractivity contribution < 1.29 is 0 Å². The topological polar surface area (TPSA) is 41.6 Å². The van der Waals surface area contributed by atoms with Gasteiger partial charge in [-0.1, -0.05) is 0 Å². The van der Waals surface area contributed by atoms with Crippen LogP contribution < -0.4 is 0 Å². The van der Waals surface area contributed by atoms with Crippen LogP contribution in [-0.4, -0.2) is 9.78 Å². The van der Waals surface area contributed by atoms with Crippen molar-refractivity contribution in [3.05, 3.63) is 17.0 Å². The fourth-order valence-corrected chi connectivity index (χ4v) is 1.86. The second-order valence-corrected chi connectivity index (χ2v) is 3.05. The Morgan fingerprint density at radius 1 is 1.58 bits per heavy atom. The Bertz CT molecular complexity index is 343. The normalized spacial score (nSPS) is 14.3. The molecular formula is C9H11N3. The maximum Gasteiger partial charge on any atom is 0.165 e. The lowest BCUT2D eigenvalue weighted by Gasteiger charge is -1.98. The fraction of sp³-hybridized carbons (Fsp3) is 0.556. The van der Waals surface area contributed by atoms with Crippen LogP contribution in [0.25, 0.3) is 0 Å². The lowest BCUT2D eigenvalue weighted by Crippen LogP contribution is -2.01. The van der Waals surface area contributed by atoms with Crippen molar-refractivity contribution in [3.63, 3.8) is 0 Å². The summed E-state index contributed by atoms with van der Waals surface area (Å²) >= 11 is 0. The molecule has 0 atom stereocenters. The van der Waals surface area contributed by atoms with E-state index in [1.165, 1.54) is 17.7 Å². The summed E-state index contributed by atoms with van der Waals surface area (Å²) in [5.74, 6) is 0. The van der Waals surface area contributed by atoms with E-state index in [4.69, 9.17) is 5.26 Å². The van der Waals surface area contributed by atoms with Crippen LogP contribution >= 0.6 is 0 Å². The average molecular weight is 161 g/mol. The van der Waals surface area contributed by atoms with Gasteiger partial charge in [-0.05, 0) is 26.2 Å². The van der Waals surface area contributed by atoms with Crippen LogP contribution in [0.5, 0.6) is 0 Å². The quantitative estimate of drug-likeness (QED) is 0.622. The van der Waals surface area contributed by atoms with Gasteiger partial charge in [0.15, 0.2) is 5.69 Å². The van der Waals surface area contributed by atoms with Gasteiger partial charge in [-0.2, -0.15) is 10.4 Å². The van der Waals surface area contributed by atoms with E-state index in [0.717, 1.165) is 19.4 Å². The van der Waals surface area contributed by atoms with Crippen molar-refractivity contribution in [2.45, 2.75) is 32.7 Å². The van der Waals surface area contributed by atoms with Gasteiger partial charge < -0.3 is 0 Å². The van der Waals surface area contributed by atoms with Crippen LogP contribution in [0.4, 0.5) is 0 Å². The number of nitriles is 1. The third kappa shape index (κ3) is 0.845. The standard InChI is InChI=1S/C9H11N3/c1-2-12-9-5-3-4-7(9)8(6-10)11-12/h2-5H2,1H3. The first-order valence-corrected chi connectivity index (χ1v) is 4.35. The minimum Gasteiger partial charge on any atom is -0.268 e. The number of aromatic nitrogens is 2. The van der Waals surface area contributed by atoms with Crippen molar-refractivity contribution in [2.24, 2.45) is 0 Å². The Hall–Kier alpha value is -1.30. The third-order valence-electron chi connectivity index (χ3n) is 2.41. The Balaban J connectivity index is 2.56. The molecular weight excluding hydrogens is 150 g/mol. The SMILES string of the molecule is CCn1nc(C#N)c2c1CCC2. The first kappa shape index (κ1) is 7.35. The molecule has 1 aromatic heterocycles. The molecule has 62 valence electrons. The number of rotatable bonds is 1. The van der Waals surface area contributed by atoms with Gasteiger partial charge in [0, 0.05) is 17.8 Å². The van der Waals surface area contributed by atoms with Gasteiger partial charge in [0.25, 0.3) is 0 Å². The van der Waals surface area contributed by atoms with E-state index >= 15 is 0 Å². The molecule has 0 amide bonds. The molecule has 0 unspecified atom stereocenters. The van der Waals surface area contributed by atoms with Crippen molar-refractivity contribution >= 4 is 0 Å². The largest absolute Gasteiger partial charge is 0.268 e. The number of fused-ring (bicyclic) bond motifs is 1. The van der Waals surface area contributed by atoms with Gasteiger partial charge in [-0.15, -0.1) is 0 Å². The second-order valence-electron chi connectivity index (χ2n) is 3.05. The monoisotopic (exact) mass is 161 g/mol. The fourth-order valence-electron chi connectivity index (χ4n) is 1.86. The molecule has 0 aromatic carbocycles. The number of nitrogens with zero attached hydrogens (tertiary/aromatic N) is 3. The van der Waals surface area contributed by atoms with Gasteiger partial charge in [0.05, 0.1) is 0 Å². The first-order valence-electron chi connectivity index (χ1n) is 4.35. The molecule has 1 aliphatic rings. The van der Waals surface area contributed by atoms with E-state index in [2.05, 4.69) is 18.1 Å². The molecule has 0 spiro atoms. The summed E-state index contributed by atoms with van der Waals surface area (Å²) in [4.78, 5) is 0. The molecule has 0 aliphatic heterocycles. The molecule has 0 radical (unpaired) electrons. The number of hydrogen-bond donors (Lipinski definition) is 0. The maximum atomic E-state index is 8.78. The highest BCUT2D eigenvalue weighted by Gasteiger charge is 2.20. The number of aryl methyl sites for hydroxylation is 1. The molecule has 3 nitrogen and oxygen atoms in total. The van der Waals surface area contributed by atoms with Crippen LogP contribution in [0.3, 0.4) is 0 Å². The minimum atomic E-state index is 0.643. The first-order chi connectivity index (χ1) is 5.86. The number of hydrogen-bond acceptors (Lipinski definition) is 2. The zero-order valence-electron chi connectivity index (χ0n) is 7.17. The Morgan fingerprint density at radius 3 is 3.08 bits per heavy atom. The minimum absolute atomic E-state index is 0.643. The molecule has 12 heavy (non-hydrogen) atoms. The van der Waals surface area contributed by atoms with E-state index < -0.39 is 0 Å². The van der Waals surface area contributed by atoms with Crippen molar-refractivity contribution in [1.29, 1.82) is 5.26 Å². The lowest BCUT2D eigenvalue weighted by atomic mass is 10.2. The van der Waals surface area contributed by atoms with E-state index in [0.29, 0.717) is 5.69 Å². The summed E-state index contributed by atoms with van der Waals surface area (Å²) in [6.07, 6.45) is 3.32. The molecule has 0 bridgehead atoms. The van der Waals surface area contributed by atoms with E-state index in [-0.39, 0.29) is 0 Å². The maximum absolute atomic E-state index is 8.78. The second kappa shape index (κ2) is 2.63. The molecule has 0 saturated carbocycles. The average Bonchev–Trinajstić information content (AvgIpc) is 2.63. The smallest absolute Gasteiger partial charge is 0.165 e. The molecule has 2 rings (SSSR count). The predicted octanol–water partition coefficient (Wildman–Crippen LogP) is 1.26.